The van der Waals surface area contributed by atoms with Gasteiger partial charge in [-0.3, -0.25) is 0 Å². The number of rotatable bonds is 4. The summed E-state index contributed by atoms with van der Waals surface area (Å²) in [5, 5.41) is 6.55. The molecule has 108 valence electrons. The lowest BCUT2D eigenvalue weighted by atomic mass is 9.82. The Morgan fingerprint density at radius 2 is 2.20 bits per heavy atom. The van der Waals surface area contributed by atoms with E-state index in [9.17, 15) is 0 Å². The van der Waals surface area contributed by atoms with Crippen molar-refractivity contribution < 1.29 is 4.74 Å². The Bertz CT molecular complexity index is 588. The van der Waals surface area contributed by atoms with Gasteiger partial charge in [0, 0.05) is 39.2 Å². The molecule has 3 rings (SSSR count). The van der Waals surface area contributed by atoms with Gasteiger partial charge in [-0.05, 0) is 18.3 Å². The number of imidazole rings is 1. The van der Waals surface area contributed by atoms with Crippen molar-refractivity contribution in [2.75, 3.05) is 37.4 Å². The van der Waals surface area contributed by atoms with Crippen molar-refractivity contribution in [3.63, 3.8) is 0 Å². The molecule has 0 spiro atoms. The highest BCUT2D eigenvalue weighted by Gasteiger charge is 2.27. The highest BCUT2D eigenvalue weighted by molar-refractivity contribution is 5.65. The molecule has 20 heavy (non-hydrogen) atoms. The average Bonchev–Trinajstić information content (AvgIpc) is 2.93. The second kappa shape index (κ2) is 5.28. The highest BCUT2D eigenvalue weighted by Crippen LogP contribution is 2.30. The second-order valence-electron chi connectivity index (χ2n) is 5.66. The molecular formula is C14H21N5O. The smallest absolute Gasteiger partial charge is 0.180 e. The Balaban J connectivity index is 1.81. The van der Waals surface area contributed by atoms with Crippen molar-refractivity contribution in [3.8, 4) is 0 Å². The van der Waals surface area contributed by atoms with Gasteiger partial charge in [-0.2, -0.15) is 0 Å². The molecule has 1 aliphatic rings. The first-order valence-electron chi connectivity index (χ1n) is 7.03. The highest BCUT2D eigenvalue weighted by atomic mass is 16.5. The maximum absolute atomic E-state index is 5.44. The summed E-state index contributed by atoms with van der Waals surface area (Å²) in [5.74, 6) is 1.66. The number of aromatic nitrogens is 3. The molecule has 2 aromatic rings. The van der Waals surface area contributed by atoms with E-state index in [2.05, 4.69) is 27.5 Å². The van der Waals surface area contributed by atoms with Crippen LogP contribution in [0.25, 0.3) is 5.65 Å². The summed E-state index contributed by atoms with van der Waals surface area (Å²) < 4.78 is 7.42. The summed E-state index contributed by atoms with van der Waals surface area (Å²) in [6.45, 7) is 4.88. The van der Waals surface area contributed by atoms with Gasteiger partial charge in [0.05, 0.1) is 6.20 Å². The number of anilines is 2. The minimum atomic E-state index is 0.263. The SMILES string of the molecule is CNc1cn2ccnc2c(NCC2(C)CCOCC2)n1. The van der Waals surface area contributed by atoms with Gasteiger partial charge < -0.3 is 19.8 Å². The van der Waals surface area contributed by atoms with Crippen molar-refractivity contribution >= 4 is 17.3 Å². The van der Waals surface area contributed by atoms with Crippen molar-refractivity contribution in [3.05, 3.63) is 18.6 Å². The zero-order valence-corrected chi connectivity index (χ0v) is 12.0. The maximum atomic E-state index is 5.44. The van der Waals surface area contributed by atoms with Gasteiger partial charge in [0.2, 0.25) is 0 Å². The van der Waals surface area contributed by atoms with E-state index in [1.54, 1.807) is 6.20 Å². The number of nitrogens with zero attached hydrogens (tertiary/aromatic N) is 3. The average molecular weight is 275 g/mol. The Morgan fingerprint density at radius 1 is 1.40 bits per heavy atom. The lowest BCUT2D eigenvalue weighted by Gasteiger charge is -2.33. The summed E-state index contributed by atoms with van der Waals surface area (Å²) in [6, 6.07) is 0. The second-order valence-corrected chi connectivity index (χ2v) is 5.66. The molecule has 0 amide bonds. The Labute approximate surface area is 118 Å². The van der Waals surface area contributed by atoms with Crippen LogP contribution >= 0.6 is 0 Å². The molecule has 0 bridgehead atoms. The summed E-state index contributed by atoms with van der Waals surface area (Å²) in [5.41, 5.74) is 1.12. The molecule has 0 atom stereocenters. The first-order valence-corrected chi connectivity index (χ1v) is 7.03. The zero-order valence-electron chi connectivity index (χ0n) is 12.0. The molecule has 6 nitrogen and oxygen atoms in total. The number of fused-ring (bicyclic) bond motifs is 1. The first-order chi connectivity index (χ1) is 9.70. The van der Waals surface area contributed by atoms with Crippen LogP contribution < -0.4 is 10.6 Å². The molecule has 1 aliphatic heterocycles. The summed E-state index contributed by atoms with van der Waals surface area (Å²) in [4.78, 5) is 8.94. The number of hydrogen-bond acceptors (Lipinski definition) is 5. The van der Waals surface area contributed by atoms with E-state index in [0.29, 0.717) is 0 Å². The van der Waals surface area contributed by atoms with Crippen molar-refractivity contribution in [2.45, 2.75) is 19.8 Å². The molecule has 0 saturated carbocycles. The summed E-state index contributed by atoms with van der Waals surface area (Å²) >= 11 is 0. The van der Waals surface area contributed by atoms with E-state index >= 15 is 0 Å². The Morgan fingerprint density at radius 3 is 2.95 bits per heavy atom. The molecule has 0 unspecified atom stereocenters. The van der Waals surface area contributed by atoms with Crippen molar-refractivity contribution in [1.82, 2.24) is 14.4 Å². The monoisotopic (exact) mass is 275 g/mol. The molecule has 2 aromatic heterocycles. The molecule has 6 heteroatoms. The Kier molecular flexibility index (Phi) is 3.48. The van der Waals surface area contributed by atoms with Crippen LogP contribution in [0.2, 0.25) is 0 Å². The van der Waals surface area contributed by atoms with Gasteiger partial charge in [-0.15, -0.1) is 0 Å². The fourth-order valence-corrected chi connectivity index (χ4v) is 2.51. The standard InChI is InChI=1S/C14H21N5O/c1-14(3-7-20-8-4-14)10-17-12-13-16-5-6-19(13)9-11(15-2)18-12/h5-6,9,15H,3-4,7-8,10H2,1-2H3,(H,17,18). The van der Waals surface area contributed by atoms with Gasteiger partial charge in [0.25, 0.3) is 0 Å². The van der Waals surface area contributed by atoms with Crippen LogP contribution in [0.4, 0.5) is 11.6 Å². The topological polar surface area (TPSA) is 63.5 Å². The van der Waals surface area contributed by atoms with Gasteiger partial charge in [0.15, 0.2) is 11.5 Å². The van der Waals surface area contributed by atoms with E-state index in [1.807, 2.05) is 23.8 Å². The zero-order chi connectivity index (χ0) is 14.0. The van der Waals surface area contributed by atoms with Crippen LogP contribution in [0.5, 0.6) is 0 Å². The van der Waals surface area contributed by atoms with E-state index in [-0.39, 0.29) is 5.41 Å². The van der Waals surface area contributed by atoms with Gasteiger partial charge in [-0.25, -0.2) is 9.97 Å². The molecule has 2 N–H and O–H groups in total. The fourth-order valence-electron chi connectivity index (χ4n) is 2.51. The predicted octanol–water partition coefficient (Wildman–Crippen LogP) is 2.00. The number of nitrogens with one attached hydrogen (secondary N) is 2. The third-order valence-corrected chi connectivity index (χ3v) is 4.01. The quantitative estimate of drug-likeness (QED) is 0.893. The molecule has 0 radical (unpaired) electrons. The van der Waals surface area contributed by atoms with Crippen LogP contribution in [0, 0.1) is 5.41 Å². The predicted molar refractivity (Wildman–Crippen MR) is 79.2 cm³/mol. The van der Waals surface area contributed by atoms with Gasteiger partial charge in [0.1, 0.15) is 5.82 Å². The molecule has 0 aliphatic carbocycles. The minimum Gasteiger partial charge on any atom is -0.381 e. The third kappa shape index (κ3) is 2.56. The number of ether oxygens (including phenoxy) is 1. The third-order valence-electron chi connectivity index (χ3n) is 4.01. The lowest BCUT2D eigenvalue weighted by molar-refractivity contribution is 0.0300. The molecule has 0 aromatic carbocycles. The van der Waals surface area contributed by atoms with E-state index in [4.69, 9.17) is 4.74 Å². The van der Waals surface area contributed by atoms with E-state index in [1.165, 1.54) is 0 Å². The molecule has 1 fully saturated rings. The summed E-state index contributed by atoms with van der Waals surface area (Å²) in [6.07, 6.45) is 7.81. The van der Waals surface area contributed by atoms with E-state index < -0.39 is 0 Å². The van der Waals surface area contributed by atoms with Crippen LogP contribution in [-0.2, 0) is 4.74 Å². The largest absolute Gasteiger partial charge is 0.381 e. The maximum Gasteiger partial charge on any atom is 0.180 e. The van der Waals surface area contributed by atoms with Crippen LogP contribution in [-0.4, -0.2) is 41.2 Å². The van der Waals surface area contributed by atoms with Crippen molar-refractivity contribution in [1.29, 1.82) is 0 Å². The molecular weight excluding hydrogens is 254 g/mol. The molecule has 1 saturated heterocycles. The number of hydrogen-bond donors (Lipinski definition) is 2. The van der Waals surface area contributed by atoms with Crippen LogP contribution in [0.15, 0.2) is 18.6 Å². The van der Waals surface area contributed by atoms with E-state index in [0.717, 1.165) is 49.9 Å². The Hall–Kier alpha value is -1.82. The van der Waals surface area contributed by atoms with Gasteiger partial charge >= 0.3 is 0 Å². The first kappa shape index (κ1) is 13.2. The van der Waals surface area contributed by atoms with Crippen LogP contribution in [0.3, 0.4) is 0 Å². The summed E-state index contributed by atoms with van der Waals surface area (Å²) in [7, 11) is 1.87. The van der Waals surface area contributed by atoms with Gasteiger partial charge in [-0.1, -0.05) is 6.92 Å². The minimum absolute atomic E-state index is 0.263. The van der Waals surface area contributed by atoms with Crippen molar-refractivity contribution in [2.24, 2.45) is 5.41 Å². The fraction of sp³-hybridized carbons (Fsp3) is 0.571. The molecule has 3 heterocycles. The normalized spacial score (nSPS) is 18.1. The van der Waals surface area contributed by atoms with Crippen LogP contribution in [0.1, 0.15) is 19.8 Å². The lowest BCUT2D eigenvalue weighted by Crippen LogP contribution is -2.33.